The first-order valence-corrected chi connectivity index (χ1v) is 5.29. The molecule has 0 aliphatic rings. The van der Waals surface area contributed by atoms with Crippen LogP contribution in [-0.4, -0.2) is 23.9 Å². The molecule has 2 amide bonds. The van der Waals surface area contributed by atoms with Gasteiger partial charge in [0, 0.05) is 17.1 Å². The lowest BCUT2D eigenvalue weighted by Gasteiger charge is -1.99. The third kappa shape index (κ3) is 2.00. The van der Waals surface area contributed by atoms with Gasteiger partial charge < -0.3 is 21.2 Å². The summed E-state index contributed by atoms with van der Waals surface area (Å²) in [5.74, 6) is -0.482. The average Bonchev–Trinajstić information content (AvgIpc) is 2.64. The number of ether oxygens (including phenoxy) is 1. The van der Waals surface area contributed by atoms with Crippen molar-refractivity contribution < 1.29 is 14.3 Å². The van der Waals surface area contributed by atoms with Gasteiger partial charge in [0.1, 0.15) is 5.75 Å². The first kappa shape index (κ1) is 12.0. The van der Waals surface area contributed by atoms with Gasteiger partial charge in [-0.2, -0.15) is 0 Å². The predicted octanol–water partition coefficient (Wildman–Crippen LogP) is 0.303. The van der Waals surface area contributed by atoms with Crippen LogP contribution in [0.15, 0.2) is 18.2 Å². The fourth-order valence-electron chi connectivity index (χ4n) is 1.95. The van der Waals surface area contributed by atoms with E-state index >= 15 is 0 Å². The van der Waals surface area contributed by atoms with E-state index in [1.54, 1.807) is 25.3 Å². The van der Waals surface area contributed by atoms with Crippen molar-refractivity contribution in [2.24, 2.45) is 11.5 Å². The lowest BCUT2D eigenvalue weighted by molar-refractivity contribution is -0.117. The van der Waals surface area contributed by atoms with Gasteiger partial charge in [-0.25, -0.2) is 0 Å². The van der Waals surface area contributed by atoms with Crippen molar-refractivity contribution in [3.8, 4) is 5.75 Å². The second kappa shape index (κ2) is 4.40. The molecule has 1 heterocycles. The predicted molar refractivity (Wildman–Crippen MR) is 66.3 cm³/mol. The summed E-state index contributed by atoms with van der Waals surface area (Å²) < 4.78 is 5.09. The third-order valence-electron chi connectivity index (χ3n) is 2.68. The summed E-state index contributed by atoms with van der Waals surface area (Å²) in [4.78, 5) is 25.4. The van der Waals surface area contributed by atoms with Gasteiger partial charge in [-0.1, -0.05) is 0 Å². The molecule has 0 bridgehead atoms. The van der Waals surface area contributed by atoms with Gasteiger partial charge in [-0.05, 0) is 12.1 Å². The van der Waals surface area contributed by atoms with Crippen LogP contribution in [-0.2, 0) is 11.2 Å². The summed E-state index contributed by atoms with van der Waals surface area (Å²) in [5, 5.41) is 0.652. The monoisotopic (exact) mass is 247 g/mol. The highest BCUT2D eigenvalue weighted by Gasteiger charge is 2.17. The Morgan fingerprint density at radius 1 is 1.33 bits per heavy atom. The molecule has 0 saturated heterocycles. The third-order valence-corrected chi connectivity index (χ3v) is 2.68. The second-order valence-electron chi connectivity index (χ2n) is 3.90. The first-order valence-electron chi connectivity index (χ1n) is 5.29. The number of hydrogen-bond acceptors (Lipinski definition) is 3. The van der Waals surface area contributed by atoms with E-state index in [-0.39, 0.29) is 6.42 Å². The van der Waals surface area contributed by atoms with Gasteiger partial charge in [0.2, 0.25) is 5.91 Å². The number of nitrogens with two attached hydrogens (primary N) is 2. The molecular weight excluding hydrogens is 234 g/mol. The Kier molecular flexibility index (Phi) is 2.93. The minimum atomic E-state index is -0.595. The number of aromatic amines is 1. The maximum atomic E-state index is 11.5. The van der Waals surface area contributed by atoms with Crippen LogP contribution in [0.3, 0.4) is 0 Å². The van der Waals surface area contributed by atoms with Crippen molar-refractivity contribution in [2.45, 2.75) is 6.42 Å². The number of nitrogens with one attached hydrogen (secondary N) is 1. The molecule has 5 N–H and O–H groups in total. The highest BCUT2D eigenvalue weighted by atomic mass is 16.5. The van der Waals surface area contributed by atoms with Crippen molar-refractivity contribution in [3.63, 3.8) is 0 Å². The van der Waals surface area contributed by atoms with E-state index in [0.717, 1.165) is 0 Å². The minimum Gasteiger partial charge on any atom is -0.497 e. The van der Waals surface area contributed by atoms with Crippen molar-refractivity contribution in [2.75, 3.05) is 7.11 Å². The number of H-pyrrole nitrogens is 1. The van der Waals surface area contributed by atoms with Gasteiger partial charge in [-0.3, -0.25) is 9.59 Å². The number of aromatic nitrogens is 1. The molecule has 94 valence electrons. The highest BCUT2D eigenvalue weighted by molar-refractivity contribution is 6.08. The molecule has 6 nitrogen and oxygen atoms in total. The molecule has 0 radical (unpaired) electrons. The van der Waals surface area contributed by atoms with Crippen LogP contribution in [0.5, 0.6) is 5.75 Å². The summed E-state index contributed by atoms with van der Waals surface area (Å²) in [5.41, 5.74) is 11.9. The fraction of sp³-hybridized carbons (Fsp3) is 0.167. The molecular formula is C12H13N3O3. The zero-order chi connectivity index (χ0) is 13.3. The molecule has 0 fully saturated rings. The largest absolute Gasteiger partial charge is 0.497 e. The Balaban J connectivity index is 2.66. The summed E-state index contributed by atoms with van der Waals surface area (Å²) in [6.07, 6.45) is -0.0602. The van der Waals surface area contributed by atoms with Gasteiger partial charge in [-0.15, -0.1) is 0 Å². The fourth-order valence-corrected chi connectivity index (χ4v) is 1.95. The lowest BCUT2D eigenvalue weighted by atomic mass is 10.1. The maximum absolute atomic E-state index is 11.5. The van der Waals surface area contributed by atoms with Gasteiger partial charge >= 0.3 is 0 Å². The molecule has 1 aromatic carbocycles. The van der Waals surface area contributed by atoms with E-state index in [1.165, 1.54) is 0 Å². The number of rotatable bonds is 4. The Bertz CT molecular complexity index is 631. The maximum Gasteiger partial charge on any atom is 0.251 e. The van der Waals surface area contributed by atoms with Crippen LogP contribution >= 0.6 is 0 Å². The van der Waals surface area contributed by atoms with E-state index in [4.69, 9.17) is 16.2 Å². The Morgan fingerprint density at radius 3 is 2.61 bits per heavy atom. The molecule has 0 atom stereocenters. The van der Waals surface area contributed by atoms with Crippen molar-refractivity contribution in [1.29, 1.82) is 0 Å². The Morgan fingerprint density at radius 2 is 2.06 bits per heavy atom. The minimum absolute atomic E-state index is 0.0602. The second-order valence-corrected chi connectivity index (χ2v) is 3.90. The Hall–Kier alpha value is -2.50. The van der Waals surface area contributed by atoms with Crippen LogP contribution in [0, 0.1) is 0 Å². The number of methoxy groups -OCH3 is 1. The summed E-state index contributed by atoms with van der Waals surface area (Å²) >= 11 is 0. The smallest absolute Gasteiger partial charge is 0.251 e. The number of benzene rings is 1. The zero-order valence-electron chi connectivity index (χ0n) is 9.82. The standard InChI is InChI=1S/C12H13N3O3/c1-18-6-2-3-7-8(4-6)15-9(5-10(13)16)11(7)12(14)17/h2-4,15H,5H2,1H3,(H2,13,16)(H2,14,17). The normalized spacial score (nSPS) is 10.5. The SMILES string of the molecule is COc1ccc2c(C(N)=O)c(CC(N)=O)[nH]c2c1. The number of hydrogen-bond donors (Lipinski definition) is 3. The van der Waals surface area contributed by atoms with Gasteiger partial charge in [0.15, 0.2) is 0 Å². The number of amides is 2. The molecule has 0 aliphatic carbocycles. The molecule has 0 unspecified atom stereocenters. The van der Waals surface area contributed by atoms with Crippen molar-refractivity contribution in [1.82, 2.24) is 4.98 Å². The number of primary amides is 2. The van der Waals surface area contributed by atoms with E-state index in [2.05, 4.69) is 4.98 Å². The highest BCUT2D eigenvalue weighted by Crippen LogP contribution is 2.26. The molecule has 18 heavy (non-hydrogen) atoms. The van der Waals surface area contributed by atoms with Crippen LogP contribution in [0.4, 0.5) is 0 Å². The molecule has 2 rings (SSSR count). The molecule has 0 spiro atoms. The summed E-state index contributed by atoms with van der Waals surface area (Å²) in [6.45, 7) is 0. The van der Waals surface area contributed by atoms with Crippen LogP contribution < -0.4 is 16.2 Å². The lowest BCUT2D eigenvalue weighted by Crippen LogP contribution is -2.18. The van der Waals surface area contributed by atoms with Crippen LogP contribution in [0.1, 0.15) is 16.1 Å². The van der Waals surface area contributed by atoms with Gasteiger partial charge in [0.25, 0.3) is 5.91 Å². The molecule has 0 saturated carbocycles. The Labute approximate surface area is 103 Å². The number of carbonyl (C=O) groups is 2. The summed E-state index contributed by atoms with van der Waals surface area (Å²) in [6, 6.07) is 5.16. The van der Waals surface area contributed by atoms with Gasteiger partial charge in [0.05, 0.1) is 24.6 Å². The zero-order valence-corrected chi connectivity index (χ0v) is 9.82. The number of carbonyl (C=O) groups excluding carboxylic acids is 2. The van der Waals surface area contributed by atoms with E-state index < -0.39 is 11.8 Å². The van der Waals surface area contributed by atoms with Crippen LogP contribution in [0.2, 0.25) is 0 Å². The number of fused-ring (bicyclic) bond motifs is 1. The van der Waals surface area contributed by atoms with E-state index in [9.17, 15) is 9.59 Å². The van der Waals surface area contributed by atoms with Crippen molar-refractivity contribution >= 4 is 22.7 Å². The topological polar surface area (TPSA) is 111 Å². The van der Waals surface area contributed by atoms with E-state index in [1.807, 2.05) is 0 Å². The molecule has 2 aromatic rings. The molecule has 1 aromatic heterocycles. The molecule has 6 heteroatoms. The molecule has 0 aliphatic heterocycles. The van der Waals surface area contributed by atoms with Crippen LogP contribution in [0.25, 0.3) is 10.9 Å². The van der Waals surface area contributed by atoms with Crippen molar-refractivity contribution in [3.05, 3.63) is 29.5 Å². The van der Waals surface area contributed by atoms with E-state index in [0.29, 0.717) is 27.9 Å². The average molecular weight is 247 g/mol. The first-order chi connectivity index (χ1) is 8.52. The summed E-state index contributed by atoms with van der Waals surface area (Å²) in [7, 11) is 1.55. The quantitative estimate of drug-likeness (QED) is 0.722.